The molecule has 1 aliphatic heterocycles. The maximum atomic E-state index is 8.19. The van der Waals surface area contributed by atoms with Gasteiger partial charge in [-0.1, -0.05) is 60.7 Å². The lowest BCUT2D eigenvalue weighted by Crippen LogP contribution is -2.27. The fraction of sp³-hybridized carbons (Fsp3) is 0.316. The van der Waals surface area contributed by atoms with Gasteiger partial charge in [-0.3, -0.25) is 0 Å². The fourth-order valence-electron chi connectivity index (χ4n) is 2.88. The van der Waals surface area contributed by atoms with Crippen LogP contribution >= 0.6 is 0 Å². The Balaban J connectivity index is 1.63. The second-order valence-electron chi connectivity index (χ2n) is 5.51. The first-order chi connectivity index (χ1) is 10.8. The molecule has 3 rings (SSSR count). The van der Waals surface area contributed by atoms with E-state index in [1.807, 2.05) is 60.7 Å². The third kappa shape index (κ3) is 3.26. The predicted octanol–water partition coefficient (Wildman–Crippen LogP) is 4.12. The number of hydrogen-bond acceptors (Lipinski definition) is 3. The molecule has 1 aliphatic rings. The molecule has 0 unspecified atom stereocenters. The predicted molar refractivity (Wildman–Crippen MR) is 87.1 cm³/mol. The standard InChI is InChI=1S/C19H21NO2/c20-18(16-8-3-1-4-9-16)12-7-13-19(21-14-15-22-19)17-10-5-2-6-11-17/h1-6,8-11,20H,7,12-15H2. The monoisotopic (exact) mass is 295 g/mol. The normalized spacial score (nSPS) is 16.5. The number of rotatable bonds is 6. The zero-order valence-corrected chi connectivity index (χ0v) is 12.6. The van der Waals surface area contributed by atoms with Crippen LogP contribution in [0.4, 0.5) is 0 Å². The average molecular weight is 295 g/mol. The van der Waals surface area contributed by atoms with E-state index < -0.39 is 5.79 Å². The highest BCUT2D eigenvalue weighted by Gasteiger charge is 2.37. The van der Waals surface area contributed by atoms with Gasteiger partial charge in [0.2, 0.25) is 0 Å². The van der Waals surface area contributed by atoms with Crippen LogP contribution in [0.5, 0.6) is 0 Å². The number of benzene rings is 2. The summed E-state index contributed by atoms with van der Waals surface area (Å²) in [5.74, 6) is -0.627. The summed E-state index contributed by atoms with van der Waals surface area (Å²) >= 11 is 0. The van der Waals surface area contributed by atoms with Crippen LogP contribution in [0.15, 0.2) is 60.7 Å². The van der Waals surface area contributed by atoms with E-state index in [2.05, 4.69) is 0 Å². The van der Waals surface area contributed by atoms with Crippen LogP contribution < -0.4 is 0 Å². The summed E-state index contributed by atoms with van der Waals surface area (Å²) < 4.78 is 11.8. The molecule has 2 aromatic carbocycles. The van der Waals surface area contributed by atoms with Crippen LogP contribution in [0, 0.1) is 5.41 Å². The molecule has 1 N–H and O–H groups in total. The maximum Gasteiger partial charge on any atom is 0.194 e. The van der Waals surface area contributed by atoms with E-state index in [-0.39, 0.29) is 0 Å². The minimum atomic E-state index is -0.627. The third-order valence-electron chi connectivity index (χ3n) is 4.02. The fourth-order valence-corrected chi connectivity index (χ4v) is 2.88. The molecule has 0 bridgehead atoms. The summed E-state index contributed by atoms with van der Waals surface area (Å²) in [7, 11) is 0. The summed E-state index contributed by atoms with van der Waals surface area (Å²) in [5.41, 5.74) is 2.73. The smallest absolute Gasteiger partial charge is 0.194 e. The first-order valence-electron chi connectivity index (χ1n) is 7.76. The van der Waals surface area contributed by atoms with Crippen molar-refractivity contribution in [2.24, 2.45) is 0 Å². The Kier molecular flexibility index (Phi) is 4.66. The molecule has 0 aliphatic carbocycles. The van der Waals surface area contributed by atoms with Crippen LogP contribution in [0.25, 0.3) is 0 Å². The van der Waals surface area contributed by atoms with Crippen molar-refractivity contribution in [2.75, 3.05) is 13.2 Å². The third-order valence-corrected chi connectivity index (χ3v) is 4.02. The van der Waals surface area contributed by atoms with Gasteiger partial charge in [-0.05, 0) is 18.4 Å². The molecule has 1 heterocycles. The lowest BCUT2D eigenvalue weighted by molar-refractivity contribution is -0.171. The van der Waals surface area contributed by atoms with E-state index >= 15 is 0 Å². The van der Waals surface area contributed by atoms with Crippen molar-refractivity contribution >= 4 is 5.71 Å². The minimum absolute atomic E-state index is 0.627. The molecule has 22 heavy (non-hydrogen) atoms. The van der Waals surface area contributed by atoms with E-state index in [0.29, 0.717) is 18.9 Å². The first kappa shape index (κ1) is 14.9. The maximum absolute atomic E-state index is 8.19. The van der Waals surface area contributed by atoms with Crippen LogP contribution in [0.3, 0.4) is 0 Å². The van der Waals surface area contributed by atoms with Gasteiger partial charge >= 0.3 is 0 Å². The van der Waals surface area contributed by atoms with Crippen LogP contribution in [0.2, 0.25) is 0 Å². The van der Waals surface area contributed by atoms with Crippen molar-refractivity contribution < 1.29 is 9.47 Å². The molecule has 0 amide bonds. The second-order valence-corrected chi connectivity index (χ2v) is 5.51. The SMILES string of the molecule is N=C(CCCC1(c2ccccc2)OCCO1)c1ccccc1. The molecule has 1 saturated heterocycles. The zero-order chi connectivity index (χ0) is 15.3. The quantitative estimate of drug-likeness (QED) is 0.814. The van der Waals surface area contributed by atoms with E-state index in [4.69, 9.17) is 14.9 Å². The van der Waals surface area contributed by atoms with Gasteiger partial charge in [0, 0.05) is 17.7 Å². The number of nitrogens with one attached hydrogen (secondary N) is 1. The van der Waals surface area contributed by atoms with E-state index in [9.17, 15) is 0 Å². The number of ether oxygens (including phenoxy) is 2. The summed E-state index contributed by atoms with van der Waals surface area (Å²) in [5, 5.41) is 8.19. The highest BCUT2D eigenvalue weighted by Crippen LogP contribution is 2.36. The molecular weight excluding hydrogens is 274 g/mol. The molecule has 0 aromatic heterocycles. The van der Waals surface area contributed by atoms with Gasteiger partial charge in [-0.15, -0.1) is 0 Å². The van der Waals surface area contributed by atoms with Gasteiger partial charge in [0.15, 0.2) is 5.79 Å². The van der Waals surface area contributed by atoms with Gasteiger partial charge in [0.25, 0.3) is 0 Å². The Bertz CT molecular complexity index is 604. The summed E-state index contributed by atoms with van der Waals surface area (Å²) in [6.45, 7) is 1.26. The van der Waals surface area contributed by atoms with Gasteiger partial charge in [0.05, 0.1) is 13.2 Å². The van der Waals surface area contributed by atoms with E-state index in [1.54, 1.807) is 0 Å². The van der Waals surface area contributed by atoms with Gasteiger partial charge in [-0.2, -0.15) is 0 Å². The van der Waals surface area contributed by atoms with Crippen molar-refractivity contribution in [3.05, 3.63) is 71.8 Å². The summed E-state index contributed by atoms with van der Waals surface area (Å²) in [4.78, 5) is 0. The highest BCUT2D eigenvalue weighted by molar-refractivity contribution is 5.98. The highest BCUT2D eigenvalue weighted by atomic mass is 16.7. The van der Waals surface area contributed by atoms with Crippen molar-refractivity contribution in [2.45, 2.75) is 25.0 Å². The van der Waals surface area contributed by atoms with Crippen LogP contribution in [0.1, 0.15) is 30.4 Å². The average Bonchev–Trinajstić information content (AvgIpc) is 3.06. The molecule has 0 spiro atoms. The topological polar surface area (TPSA) is 42.3 Å². The minimum Gasteiger partial charge on any atom is -0.343 e. The van der Waals surface area contributed by atoms with Gasteiger partial charge in [0.1, 0.15) is 0 Å². The molecular formula is C19H21NO2. The Labute approximate surface area is 131 Å². The summed E-state index contributed by atoms with van der Waals surface area (Å²) in [6, 6.07) is 20.0. The largest absolute Gasteiger partial charge is 0.343 e. The lowest BCUT2D eigenvalue weighted by atomic mass is 9.97. The van der Waals surface area contributed by atoms with Crippen molar-refractivity contribution in [3.8, 4) is 0 Å². The Morgan fingerprint density at radius 3 is 2.14 bits per heavy atom. The van der Waals surface area contributed by atoms with Crippen molar-refractivity contribution in [1.82, 2.24) is 0 Å². The van der Waals surface area contributed by atoms with Crippen LogP contribution in [-0.2, 0) is 15.3 Å². The Hall–Kier alpha value is -1.97. The Morgan fingerprint density at radius 2 is 1.50 bits per heavy atom. The Morgan fingerprint density at radius 1 is 0.909 bits per heavy atom. The van der Waals surface area contributed by atoms with Crippen molar-refractivity contribution in [1.29, 1.82) is 5.41 Å². The number of hydrogen-bond donors (Lipinski definition) is 1. The lowest BCUT2D eigenvalue weighted by Gasteiger charge is -2.28. The molecule has 0 saturated carbocycles. The van der Waals surface area contributed by atoms with Gasteiger partial charge < -0.3 is 14.9 Å². The zero-order valence-electron chi connectivity index (χ0n) is 12.6. The summed E-state index contributed by atoms with van der Waals surface area (Å²) in [6.07, 6.45) is 2.36. The van der Waals surface area contributed by atoms with Gasteiger partial charge in [-0.25, -0.2) is 0 Å². The van der Waals surface area contributed by atoms with E-state index in [0.717, 1.165) is 30.4 Å². The molecule has 2 aromatic rings. The first-order valence-corrected chi connectivity index (χ1v) is 7.76. The molecule has 0 radical (unpaired) electrons. The second kappa shape index (κ2) is 6.86. The molecule has 1 fully saturated rings. The molecule has 0 atom stereocenters. The van der Waals surface area contributed by atoms with Crippen LogP contribution in [-0.4, -0.2) is 18.9 Å². The van der Waals surface area contributed by atoms with Crippen molar-refractivity contribution in [3.63, 3.8) is 0 Å². The molecule has 3 nitrogen and oxygen atoms in total. The molecule has 3 heteroatoms. The molecule has 114 valence electrons. The van der Waals surface area contributed by atoms with E-state index in [1.165, 1.54) is 0 Å².